The average molecular weight is 277 g/mol. The topological polar surface area (TPSA) is 29.1 Å². The highest BCUT2D eigenvalue weighted by atomic mass is 16.2. The van der Waals surface area contributed by atoms with Gasteiger partial charge in [0, 0.05) is 6.54 Å². The Kier molecular flexibility index (Phi) is 3.63. The molecule has 114 valence electrons. The summed E-state index contributed by atoms with van der Waals surface area (Å²) in [6.07, 6.45) is 10.0. The summed E-state index contributed by atoms with van der Waals surface area (Å²) in [4.78, 5) is 12.9. The van der Waals surface area contributed by atoms with Crippen LogP contribution in [0.2, 0.25) is 0 Å². The van der Waals surface area contributed by atoms with E-state index in [1.165, 1.54) is 44.9 Å². The van der Waals surface area contributed by atoms with E-state index < -0.39 is 0 Å². The first-order valence-electron chi connectivity index (χ1n) is 8.77. The van der Waals surface area contributed by atoms with E-state index in [1.807, 2.05) is 0 Å². The number of carbonyl (C=O) groups is 1. The van der Waals surface area contributed by atoms with Crippen molar-refractivity contribution >= 4 is 5.91 Å². The van der Waals surface area contributed by atoms with Gasteiger partial charge in [-0.15, -0.1) is 0 Å². The van der Waals surface area contributed by atoms with Crippen LogP contribution >= 0.6 is 0 Å². The summed E-state index contributed by atoms with van der Waals surface area (Å²) in [5.41, 5.74) is 0.473. The number of rotatable bonds is 5. The number of amides is 1. The second kappa shape index (κ2) is 5.03. The van der Waals surface area contributed by atoms with Crippen molar-refractivity contribution in [3.05, 3.63) is 0 Å². The van der Waals surface area contributed by atoms with E-state index in [-0.39, 0.29) is 5.41 Å². The molecule has 4 bridgehead atoms. The monoisotopic (exact) mass is 277 g/mol. The first-order valence-corrected chi connectivity index (χ1v) is 8.77. The Morgan fingerprint density at radius 3 is 2.25 bits per heavy atom. The minimum atomic E-state index is 0.00483. The van der Waals surface area contributed by atoms with E-state index in [9.17, 15) is 4.79 Å². The Morgan fingerprint density at radius 1 is 1.15 bits per heavy atom. The molecule has 0 spiro atoms. The van der Waals surface area contributed by atoms with E-state index >= 15 is 0 Å². The van der Waals surface area contributed by atoms with E-state index in [2.05, 4.69) is 26.1 Å². The zero-order chi connectivity index (χ0) is 14.4. The molecule has 1 amide bonds. The predicted octanol–water partition coefficient (Wildman–Crippen LogP) is 4.15. The third kappa shape index (κ3) is 2.40. The molecule has 0 radical (unpaired) electrons. The SMILES string of the molecule is CCC(CC)CNC(=O)C12CC3CC(CC(C)(C3)C1)C2. The van der Waals surface area contributed by atoms with Gasteiger partial charge in [-0.3, -0.25) is 4.79 Å². The number of carbonyl (C=O) groups excluding carboxylic acids is 1. The lowest BCUT2D eigenvalue weighted by Gasteiger charge is -2.60. The molecule has 1 N–H and O–H groups in total. The van der Waals surface area contributed by atoms with E-state index in [4.69, 9.17) is 0 Å². The summed E-state index contributed by atoms with van der Waals surface area (Å²) in [7, 11) is 0. The Hall–Kier alpha value is -0.530. The average Bonchev–Trinajstić information content (AvgIpc) is 2.36. The standard InChI is InChI=1S/C18H31NO/c1-4-13(5-2)11-19-16(20)18-9-14-6-15(10-18)8-17(3,7-14)12-18/h13-15H,4-12H2,1-3H3,(H,19,20). The highest BCUT2D eigenvalue weighted by Gasteiger charge is 2.58. The molecule has 0 aliphatic heterocycles. The summed E-state index contributed by atoms with van der Waals surface area (Å²) >= 11 is 0. The van der Waals surface area contributed by atoms with Gasteiger partial charge in [-0.2, -0.15) is 0 Å². The van der Waals surface area contributed by atoms with Gasteiger partial charge in [0.1, 0.15) is 0 Å². The van der Waals surface area contributed by atoms with Crippen molar-refractivity contribution in [2.45, 2.75) is 72.1 Å². The number of hydrogen-bond donors (Lipinski definition) is 1. The quantitative estimate of drug-likeness (QED) is 0.804. The smallest absolute Gasteiger partial charge is 0.226 e. The first-order chi connectivity index (χ1) is 9.48. The zero-order valence-electron chi connectivity index (χ0n) is 13.5. The molecule has 0 saturated heterocycles. The van der Waals surface area contributed by atoms with Crippen LogP contribution in [0.3, 0.4) is 0 Å². The Morgan fingerprint density at radius 2 is 1.75 bits per heavy atom. The molecule has 0 heterocycles. The van der Waals surface area contributed by atoms with Gasteiger partial charge in [0.25, 0.3) is 0 Å². The molecule has 4 rings (SSSR count). The molecule has 0 aromatic carbocycles. The fourth-order valence-electron chi connectivity index (χ4n) is 5.99. The van der Waals surface area contributed by atoms with Crippen LogP contribution in [0, 0.1) is 28.6 Å². The van der Waals surface area contributed by atoms with Crippen molar-refractivity contribution in [2.75, 3.05) is 6.54 Å². The molecule has 0 aromatic heterocycles. The molecule has 4 saturated carbocycles. The number of hydrogen-bond acceptors (Lipinski definition) is 1. The first kappa shape index (κ1) is 14.4. The molecule has 2 heteroatoms. The summed E-state index contributed by atoms with van der Waals surface area (Å²) in [6, 6.07) is 0. The van der Waals surface area contributed by atoms with Gasteiger partial charge in [-0.25, -0.2) is 0 Å². The van der Waals surface area contributed by atoms with Crippen molar-refractivity contribution in [1.82, 2.24) is 5.32 Å². The zero-order valence-corrected chi connectivity index (χ0v) is 13.5. The van der Waals surface area contributed by atoms with E-state index in [0.717, 1.165) is 24.8 Å². The molecule has 20 heavy (non-hydrogen) atoms. The maximum absolute atomic E-state index is 12.9. The minimum absolute atomic E-state index is 0.00483. The van der Waals surface area contributed by atoms with Gasteiger partial charge >= 0.3 is 0 Å². The maximum atomic E-state index is 12.9. The van der Waals surface area contributed by atoms with Crippen molar-refractivity contribution in [2.24, 2.45) is 28.6 Å². The van der Waals surface area contributed by atoms with Crippen LogP contribution in [0.25, 0.3) is 0 Å². The maximum Gasteiger partial charge on any atom is 0.226 e. The van der Waals surface area contributed by atoms with Crippen molar-refractivity contribution in [3.8, 4) is 0 Å². The van der Waals surface area contributed by atoms with Crippen LogP contribution in [0.4, 0.5) is 0 Å². The third-order valence-corrected chi connectivity index (χ3v) is 6.54. The van der Waals surface area contributed by atoms with Gasteiger partial charge in [0.05, 0.1) is 5.41 Å². The Balaban J connectivity index is 1.68. The molecule has 2 nitrogen and oxygen atoms in total. The summed E-state index contributed by atoms with van der Waals surface area (Å²) in [6.45, 7) is 7.78. The fourth-order valence-corrected chi connectivity index (χ4v) is 5.99. The lowest BCUT2D eigenvalue weighted by molar-refractivity contribution is -0.155. The minimum Gasteiger partial charge on any atom is -0.355 e. The van der Waals surface area contributed by atoms with Crippen molar-refractivity contribution in [1.29, 1.82) is 0 Å². The van der Waals surface area contributed by atoms with Crippen LogP contribution in [0.5, 0.6) is 0 Å². The molecule has 2 unspecified atom stereocenters. The second-order valence-electron chi connectivity index (χ2n) is 8.44. The van der Waals surface area contributed by atoms with E-state index in [0.29, 0.717) is 17.2 Å². The van der Waals surface area contributed by atoms with Crippen LogP contribution in [0.1, 0.15) is 72.1 Å². The molecule has 4 aliphatic carbocycles. The van der Waals surface area contributed by atoms with Gasteiger partial charge in [-0.1, -0.05) is 33.6 Å². The normalized spacial score (nSPS) is 42.2. The summed E-state index contributed by atoms with van der Waals surface area (Å²) < 4.78 is 0. The second-order valence-corrected chi connectivity index (χ2v) is 8.44. The van der Waals surface area contributed by atoms with Crippen LogP contribution in [-0.4, -0.2) is 12.5 Å². The van der Waals surface area contributed by atoms with Gasteiger partial charge in [0.15, 0.2) is 0 Å². The summed E-state index contributed by atoms with van der Waals surface area (Å²) in [5, 5.41) is 3.32. The molecular weight excluding hydrogens is 246 g/mol. The van der Waals surface area contributed by atoms with Crippen molar-refractivity contribution < 1.29 is 4.79 Å². The van der Waals surface area contributed by atoms with E-state index in [1.54, 1.807) is 0 Å². The lowest BCUT2D eigenvalue weighted by atomic mass is 9.44. The molecule has 4 fully saturated rings. The van der Waals surface area contributed by atoms with Gasteiger partial charge < -0.3 is 5.32 Å². The highest BCUT2D eigenvalue weighted by Crippen LogP contribution is 2.65. The molecule has 0 aromatic rings. The summed E-state index contributed by atoms with van der Waals surface area (Å²) in [5.74, 6) is 2.72. The molecule has 4 aliphatic rings. The Bertz CT molecular complexity index is 371. The fraction of sp³-hybridized carbons (Fsp3) is 0.944. The van der Waals surface area contributed by atoms with Crippen LogP contribution in [0.15, 0.2) is 0 Å². The predicted molar refractivity (Wildman–Crippen MR) is 82.3 cm³/mol. The number of nitrogens with one attached hydrogen (secondary N) is 1. The lowest BCUT2D eigenvalue weighted by Crippen LogP contribution is -2.57. The molecular formula is C18H31NO. The van der Waals surface area contributed by atoms with Crippen LogP contribution < -0.4 is 5.32 Å². The van der Waals surface area contributed by atoms with Crippen molar-refractivity contribution in [3.63, 3.8) is 0 Å². The van der Waals surface area contributed by atoms with Gasteiger partial charge in [0.2, 0.25) is 5.91 Å². The highest BCUT2D eigenvalue weighted by molar-refractivity contribution is 5.83. The Labute approximate surface area is 124 Å². The van der Waals surface area contributed by atoms with Gasteiger partial charge in [-0.05, 0) is 61.7 Å². The largest absolute Gasteiger partial charge is 0.355 e. The third-order valence-electron chi connectivity index (χ3n) is 6.54. The van der Waals surface area contributed by atoms with Crippen LogP contribution in [-0.2, 0) is 4.79 Å². The molecule has 2 atom stereocenters.